The minimum atomic E-state index is -3.34. The zero-order valence-corrected chi connectivity index (χ0v) is 15.7. The van der Waals surface area contributed by atoms with Crippen LogP contribution in [0.25, 0.3) is 0 Å². The van der Waals surface area contributed by atoms with Gasteiger partial charge in [0.1, 0.15) is 0 Å². The monoisotopic (exact) mass is 380 g/mol. The number of benzene rings is 1. The van der Waals surface area contributed by atoms with Gasteiger partial charge >= 0.3 is 6.03 Å². The number of hydrogen-bond donors (Lipinski definition) is 2. The van der Waals surface area contributed by atoms with Crippen molar-refractivity contribution in [2.75, 3.05) is 44.8 Å². The molecule has 2 aliphatic heterocycles. The van der Waals surface area contributed by atoms with Crippen molar-refractivity contribution >= 4 is 27.5 Å². The van der Waals surface area contributed by atoms with Crippen molar-refractivity contribution in [3.63, 3.8) is 0 Å². The summed E-state index contributed by atoms with van der Waals surface area (Å²) in [5.74, 6) is -0.536. The number of carbonyl (C=O) groups is 2. The normalized spacial score (nSPS) is 26.6. The summed E-state index contributed by atoms with van der Waals surface area (Å²) in [6, 6.07) is 8.26. The molecule has 0 bridgehead atoms. The Labute approximate surface area is 153 Å². The van der Waals surface area contributed by atoms with Crippen molar-refractivity contribution in [2.45, 2.75) is 11.3 Å². The molecule has 26 heavy (non-hydrogen) atoms. The molecule has 2 N–H and O–H groups in total. The van der Waals surface area contributed by atoms with E-state index in [1.54, 1.807) is 31.1 Å². The number of hydrogen-bond acceptors (Lipinski definition) is 5. The molecule has 2 fully saturated rings. The first-order chi connectivity index (χ1) is 12.3. The molecule has 2 heterocycles. The molecule has 8 nitrogen and oxygen atoms in total. The first-order valence-electron chi connectivity index (χ1n) is 8.53. The van der Waals surface area contributed by atoms with E-state index in [9.17, 15) is 18.0 Å². The van der Waals surface area contributed by atoms with E-state index in [2.05, 4.69) is 10.6 Å². The van der Waals surface area contributed by atoms with Crippen molar-refractivity contribution in [3.8, 4) is 0 Å². The number of rotatable bonds is 4. The molecule has 2 saturated heterocycles. The van der Waals surface area contributed by atoms with Gasteiger partial charge in [0, 0.05) is 30.7 Å². The van der Waals surface area contributed by atoms with Gasteiger partial charge in [0.05, 0.1) is 17.5 Å². The van der Waals surface area contributed by atoms with Crippen LogP contribution < -0.4 is 10.6 Å². The Kier molecular flexibility index (Phi) is 5.19. The van der Waals surface area contributed by atoms with Crippen LogP contribution in [0.15, 0.2) is 30.3 Å². The fraction of sp³-hybridized carbons (Fsp3) is 0.529. The highest BCUT2D eigenvalue weighted by molar-refractivity contribution is 7.92. The molecule has 0 saturated carbocycles. The number of likely N-dealkylation sites (tertiary alicyclic amines) is 1. The number of anilines is 1. The molecule has 0 aliphatic carbocycles. The molecule has 3 rings (SSSR count). The predicted molar refractivity (Wildman–Crippen MR) is 98.6 cm³/mol. The average molecular weight is 380 g/mol. The van der Waals surface area contributed by atoms with Gasteiger partial charge in [0.15, 0.2) is 9.84 Å². The maximum absolute atomic E-state index is 12.5. The number of amides is 3. The predicted octanol–water partition coefficient (Wildman–Crippen LogP) is -0.00630. The molecule has 0 unspecified atom stereocenters. The van der Waals surface area contributed by atoms with E-state index >= 15 is 0 Å². The van der Waals surface area contributed by atoms with E-state index in [1.807, 2.05) is 18.2 Å². The summed E-state index contributed by atoms with van der Waals surface area (Å²) < 4.78 is 24.9. The van der Waals surface area contributed by atoms with Crippen molar-refractivity contribution in [3.05, 3.63) is 30.3 Å². The fourth-order valence-corrected chi connectivity index (χ4v) is 5.93. The third-order valence-corrected chi connectivity index (χ3v) is 7.06. The quantitative estimate of drug-likeness (QED) is 0.766. The molecule has 9 heteroatoms. The highest BCUT2D eigenvalue weighted by Crippen LogP contribution is 2.34. The molecule has 0 aromatic heterocycles. The van der Waals surface area contributed by atoms with Crippen LogP contribution in [0.3, 0.4) is 0 Å². The molecular weight excluding hydrogens is 356 g/mol. The second-order valence-electron chi connectivity index (χ2n) is 7.14. The minimum Gasteiger partial charge on any atom is -0.351 e. The second kappa shape index (κ2) is 7.24. The topological polar surface area (TPSA) is 98.8 Å². The van der Waals surface area contributed by atoms with Crippen LogP contribution in [-0.4, -0.2) is 80.9 Å². The Morgan fingerprint density at radius 3 is 2.54 bits per heavy atom. The molecule has 0 radical (unpaired) electrons. The number of fused-ring (bicyclic) bond motifs is 1. The Hall–Kier alpha value is -2.13. The lowest BCUT2D eigenvalue weighted by Crippen LogP contribution is -2.45. The van der Waals surface area contributed by atoms with Gasteiger partial charge in [-0.15, -0.1) is 0 Å². The van der Waals surface area contributed by atoms with Crippen LogP contribution in [0.4, 0.5) is 10.5 Å². The van der Waals surface area contributed by atoms with Crippen molar-refractivity contribution < 1.29 is 18.0 Å². The Balaban J connectivity index is 1.67. The summed E-state index contributed by atoms with van der Waals surface area (Å²) in [5, 5.41) is 4.99. The Morgan fingerprint density at radius 2 is 1.88 bits per heavy atom. The van der Waals surface area contributed by atoms with E-state index in [0.717, 1.165) is 0 Å². The van der Waals surface area contributed by atoms with Gasteiger partial charge in [0.25, 0.3) is 0 Å². The molecule has 3 atom stereocenters. The molecule has 1 aromatic rings. The SMILES string of the molecule is CN(C)CC(=O)N[C@@H]1CS(=O)(=O)[C@H]2CN(C(=O)Nc3ccccc3)C[C@@H]12. The van der Waals surface area contributed by atoms with E-state index in [-0.39, 0.29) is 36.7 Å². The van der Waals surface area contributed by atoms with E-state index in [1.165, 1.54) is 4.90 Å². The molecule has 0 spiro atoms. The van der Waals surface area contributed by atoms with Crippen molar-refractivity contribution in [1.29, 1.82) is 0 Å². The second-order valence-corrected chi connectivity index (χ2v) is 9.41. The number of carbonyl (C=O) groups excluding carboxylic acids is 2. The molecule has 3 amide bonds. The van der Waals surface area contributed by atoms with Gasteiger partial charge in [-0.3, -0.25) is 4.79 Å². The van der Waals surface area contributed by atoms with Crippen molar-refractivity contribution in [1.82, 2.24) is 15.1 Å². The summed E-state index contributed by atoms with van der Waals surface area (Å²) in [4.78, 5) is 27.7. The van der Waals surface area contributed by atoms with Gasteiger partial charge in [-0.05, 0) is 26.2 Å². The number of nitrogens with one attached hydrogen (secondary N) is 2. The lowest BCUT2D eigenvalue weighted by molar-refractivity contribution is -0.122. The highest BCUT2D eigenvalue weighted by atomic mass is 32.2. The van der Waals surface area contributed by atoms with E-state index < -0.39 is 21.1 Å². The van der Waals surface area contributed by atoms with Crippen LogP contribution in [-0.2, 0) is 14.6 Å². The highest BCUT2D eigenvalue weighted by Gasteiger charge is 2.53. The summed E-state index contributed by atoms with van der Waals surface area (Å²) in [7, 11) is 0.217. The van der Waals surface area contributed by atoms with E-state index in [0.29, 0.717) is 12.2 Å². The number of nitrogens with zero attached hydrogens (tertiary/aromatic N) is 2. The maximum Gasteiger partial charge on any atom is 0.321 e. The summed E-state index contributed by atoms with van der Waals surface area (Å²) in [6.07, 6.45) is 0. The third-order valence-electron chi connectivity index (χ3n) is 4.82. The average Bonchev–Trinajstić information content (AvgIpc) is 3.08. The van der Waals surface area contributed by atoms with Crippen LogP contribution >= 0.6 is 0 Å². The maximum atomic E-state index is 12.5. The summed E-state index contributed by atoms with van der Waals surface area (Å²) in [6.45, 7) is 0.674. The van der Waals surface area contributed by atoms with Crippen LogP contribution in [0.2, 0.25) is 0 Å². The van der Waals surface area contributed by atoms with Crippen LogP contribution in [0, 0.1) is 5.92 Å². The summed E-state index contributed by atoms with van der Waals surface area (Å²) >= 11 is 0. The van der Waals surface area contributed by atoms with E-state index in [4.69, 9.17) is 0 Å². The standard InChI is InChI=1S/C17H24N4O4S/c1-20(2)10-16(22)19-14-11-26(24,25)15-9-21(8-13(14)15)17(23)18-12-6-4-3-5-7-12/h3-7,13-15H,8-11H2,1-2H3,(H,18,23)(H,19,22)/t13-,14+,15-/m0/s1. The number of para-hydroxylation sites is 1. The molecule has 1 aromatic carbocycles. The minimum absolute atomic E-state index is 0.0599. The third kappa shape index (κ3) is 3.99. The first kappa shape index (κ1) is 18.7. The molecule has 142 valence electrons. The first-order valence-corrected chi connectivity index (χ1v) is 10.2. The number of sulfone groups is 1. The Morgan fingerprint density at radius 1 is 1.19 bits per heavy atom. The number of likely N-dealkylation sites (N-methyl/N-ethyl adjacent to an activating group) is 1. The lowest BCUT2D eigenvalue weighted by atomic mass is 10.0. The molecular formula is C17H24N4O4S. The smallest absolute Gasteiger partial charge is 0.321 e. The zero-order valence-electron chi connectivity index (χ0n) is 14.9. The van der Waals surface area contributed by atoms with Gasteiger partial charge in [-0.1, -0.05) is 18.2 Å². The van der Waals surface area contributed by atoms with Crippen LogP contribution in [0.1, 0.15) is 0 Å². The van der Waals surface area contributed by atoms with Gasteiger partial charge in [-0.25, -0.2) is 13.2 Å². The largest absolute Gasteiger partial charge is 0.351 e. The van der Waals surface area contributed by atoms with Gasteiger partial charge < -0.3 is 20.4 Å². The lowest BCUT2D eigenvalue weighted by Gasteiger charge is -2.22. The van der Waals surface area contributed by atoms with Gasteiger partial charge in [-0.2, -0.15) is 0 Å². The zero-order chi connectivity index (χ0) is 18.9. The fourth-order valence-electron chi connectivity index (χ4n) is 3.64. The molecule has 2 aliphatic rings. The van der Waals surface area contributed by atoms with Gasteiger partial charge in [0.2, 0.25) is 5.91 Å². The van der Waals surface area contributed by atoms with Crippen molar-refractivity contribution in [2.24, 2.45) is 5.92 Å². The van der Waals surface area contributed by atoms with Crippen LogP contribution in [0.5, 0.6) is 0 Å². The summed E-state index contributed by atoms with van der Waals surface area (Å²) in [5.41, 5.74) is 0.660. The number of urea groups is 1. The Bertz CT molecular complexity index is 781.